The van der Waals surface area contributed by atoms with E-state index in [-0.39, 0.29) is 17.6 Å². The normalized spacial score (nSPS) is 23.3. The first kappa shape index (κ1) is 14.7. The summed E-state index contributed by atoms with van der Waals surface area (Å²) < 4.78 is 0. The Labute approximate surface area is 113 Å². The highest BCUT2D eigenvalue weighted by Crippen LogP contribution is 2.39. The van der Waals surface area contributed by atoms with Crippen molar-refractivity contribution in [3.63, 3.8) is 0 Å². The van der Waals surface area contributed by atoms with Crippen LogP contribution in [0.5, 0.6) is 0 Å². The number of carboxylic acid groups (broad SMARTS) is 2. The van der Waals surface area contributed by atoms with Crippen LogP contribution in [-0.4, -0.2) is 32.8 Å². The Morgan fingerprint density at radius 2 is 1.83 bits per heavy atom. The lowest BCUT2D eigenvalue weighted by Gasteiger charge is -2.30. The number of carbonyl (C=O) groups excluding carboxylic acids is 1. The van der Waals surface area contributed by atoms with Crippen molar-refractivity contribution in [3.05, 3.63) is 23.3 Å². The van der Waals surface area contributed by atoms with Crippen molar-refractivity contribution >= 4 is 40.9 Å². The summed E-state index contributed by atoms with van der Waals surface area (Å²) in [5.74, 6) is -3.26. The first-order valence-corrected chi connectivity index (χ1v) is 5.78. The molecule has 0 fully saturated rings. The van der Waals surface area contributed by atoms with Gasteiger partial charge in [-0.15, -0.1) is 0 Å². The molecule has 5 nitrogen and oxygen atoms in total. The van der Waals surface area contributed by atoms with Crippen molar-refractivity contribution in [1.82, 2.24) is 0 Å². The molecular formula is C11H10Cl2O5. The number of ketones is 1. The van der Waals surface area contributed by atoms with E-state index in [1.54, 1.807) is 0 Å². The fourth-order valence-corrected chi connectivity index (χ4v) is 1.95. The van der Waals surface area contributed by atoms with Crippen LogP contribution in [0.15, 0.2) is 23.3 Å². The lowest BCUT2D eigenvalue weighted by atomic mass is 9.72. The smallest absolute Gasteiger partial charge is 0.331 e. The number of Topliss-reactive ketones (excluding diaryl/α,β-unsaturated/α-hetero) is 1. The van der Waals surface area contributed by atoms with Crippen LogP contribution in [0.2, 0.25) is 0 Å². The second kappa shape index (κ2) is 5.12. The van der Waals surface area contributed by atoms with Gasteiger partial charge in [0, 0.05) is 11.1 Å². The van der Waals surface area contributed by atoms with E-state index in [9.17, 15) is 19.5 Å². The maximum Gasteiger partial charge on any atom is 0.331 e. The Balaban J connectivity index is 3.30. The number of hydrogen-bond acceptors (Lipinski definition) is 3. The van der Waals surface area contributed by atoms with Crippen molar-refractivity contribution in [1.29, 1.82) is 0 Å². The first-order chi connectivity index (χ1) is 8.20. The predicted molar refractivity (Wildman–Crippen MR) is 64.7 cm³/mol. The molecular weight excluding hydrogens is 283 g/mol. The molecule has 1 rings (SSSR count). The average Bonchev–Trinajstić information content (AvgIpc) is 2.27. The minimum Gasteiger partial charge on any atom is -0.481 e. The monoisotopic (exact) mass is 292 g/mol. The van der Waals surface area contributed by atoms with Gasteiger partial charge in [-0.05, 0) is 13.3 Å². The summed E-state index contributed by atoms with van der Waals surface area (Å²) in [7, 11) is 0. The minimum atomic E-state index is -1.64. The summed E-state index contributed by atoms with van der Waals surface area (Å²) in [4.78, 5) is 32.5. The zero-order valence-corrected chi connectivity index (χ0v) is 10.8. The van der Waals surface area contributed by atoms with Crippen LogP contribution < -0.4 is 0 Å². The van der Waals surface area contributed by atoms with Crippen LogP contribution in [0.25, 0.3) is 0 Å². The second-order valence-corrected chi connectivity index (χ2v) is 5.15. The summed E-state index contributed by atoms with van der Waals surface area (Å²) in [6.07, 6.45) is 2.05. The number of carboxylic acids is 2. The molecule has 0 saturated heterocycles. The molecule has 2 N–H and O–H groups in total. The third-order valence-corrected chi connectivity index (χ3v) is 3.20. The molecule has 1 aliphatic rings. The number of allylic oxidation sites excluding steroid dienone is 2. The molecule has 0 aromatic heterocycles. The number of hydrogen-bond donors (Lipinski definition) is 2. The number of alkyl halides is 2. The van der Waals surface area contributed by atoms with Crippen LogP contribution in [0, 0.1) is 5.41 Å². The van der Waals surface area contributed by atoms with Gasteiger partial charge in [-0.1, -0.05) is 35.4 Å². The molecule has 0 heterocycles. The Morgan fingerprint density at radius 1 is 1.28 bits per heavy atom. The quantitative estimate of drug-likeness (QED) is 0.771. The average molecular weight is 293 g/mol. The molecule has 0 aromatic rings. The molecule has 0 amide bonds. The maximum absolute atomic E-state index is 11.7. The summed E-state index contributed by atoms with van der Waals surface area (Å²) >= 11 is 10.9. The number of carbonyl (C=O) groups is 3. The standard InChI is InChI=1S/C11H10Cl2O5/c1-11(10(17)18)4-5(9(15)16)2-3-6(11)7(14)8(12)13/h2-3,8H,4H2,1H3,(H,15,16)(H,17,18). The van der Waals surface area contributed by atoms with Crippen molar-refractivity contribution in [2.75, 3.05) is 0 Å². The zero-order valence-electron chi connectivity index (χ0n) is 9.31. The molecule has 1 atom stereocenters. The fourth-order valence-electron chi connectivity index (χ4n) is 1.71. The van der Waals surface area contributed by atoms with Gasteiger partial charge in [-0.2, -0.15) is 0 Å². The Hall–Kier alpha value is -1.33. The van der Waals surface area contributed by atoms with Gasteiger partial charge in [0.2, 0.25) is 0 Å². The van der Waals surface area contributed by atoms with Gasteiger partial charge in [-0.3, -0.25) is 9.59 Å². The number of aliphatic carboxylic acids is 2. The Kier molecular flexibility index (Phi) is 4.19. The molecule has 0 saturated carbocycles. The second-order valence-electron chi connectivity index (χ2n) is 4.06. The summed E-state index contributed by atoms with van der Waals surface area (Å²) in [5, 5.41) is 18.1. The highest BCUT2D eigenvalue weighted by atomic mass is 35.5. The van der Waals surface area contributed by atoms with Crippen molar-refractivity contribution in [3.8, 4) is 0 Å². The van der Waals surface area contributed by atoms with E-state index in [0.29, 0.717) is 0 Å². The summed E-state index contributed by atoms with van der Waals surface area (Å²) in [5.41, 5.74) is -1.83. The highest BCUT2D eigenvalue weighted by molar-refractivity contribution is 6.55. The van der Waals surface area contributed by atoms with Gasteiger partial charge in [0.1, 0.15) is 0 Å². The lowest BCUT2D eigenvalue weighted by Crippen LogP contribution is -2.37. The third kappa shape index (κ3) is 2.57. The molecule has 98 valence electrons. The van der Waals surface area contributed by atoms with Crippen LogP contribution in [0.3, 0.4) is 0 Å². The van der Waals surface area contributed by atoms with Crippen LogP contribution >= 0.6 is 23.2 Å². The van der Waals surface area contributed by atoms with Gasteiger partial charge >= 0.3 is 11.9 Å². The molecule has 0 aromatic carbocycles. The molecule has 1 aliphatic carbocycles. The van der Waals surface area contributed by atoms with Gasteiger partial charge < -0.3 is 10.2 Å². The largest absolute Gasteiger partial charge is 0.481 e. The van der Waals surface area contributed by atoms with E-state index in [2.05, 4.69) is 0 Å². The van der Waals surface area contributed by atoms with E-state index in [1.165, 1.54) is 13.0 Å². The van der Waals surface area contributed by atoms with Gasteiger partial charge in [-0.25, -0.2) is 4.79 Å². The molecule has 1 unspecified atom stereocenters. The summed E-state index contributed by atoms with van der Waals surface area (Å²) in [6, 6.07) is 0. The minimum absolute atomic E-state index is 0.0860. The van der Waals surface area contributed by atoms with Gasteiger partial charge in [0.25, 0.3) is 0 Å². The topological polar surface area (TPSA) is 91.7 Å². The third-order valence-electron chi connectivity index (χ3n) is 2.80. The van der Waals surface area contributed by atoms with E-state index in [1.807, 2.05) is 0 Å². The van der Waals surface area contributed by atoms with Crippen LogP contribution in [0.1, 0.15) is 13.3 Å². The molecule has 0 aliphatic heterocycles. The van der Waals surface area contributed by atoms with E-state index < -0.39 is 28.0 Å². The zero-order chi connectivity index (χ0) is 14.1. The highest BCUT2D eigenvalue weighted by Gasteiger charge is 2.44. The molecule has 0 radical (unpaired) electrons. The van der Waals surface area contributed by atoms with Crippen molar-refractivity contribution in [2.45, 2.75) is 18.2 Å². The van der Waals surface area contributed by atoms with Gasteiger partial charge in [0.05, 0.1) is 5.41 Å². The molecule has 18 heavy (non-hydrogen) atoms. The van der Waals surface area contributed by atoms with Crippen molar-refractivity contribution in [2.24, 2.45) is 5.41 Å². The molecule has 7 heteroatoms. The summed E-state index contributed by atoms with van der Waals surface area (Å²) in [6.45, 7) is 1.27. The number of halogens is 2. The number of rotatable bonds is 4. The maximum atomic E-state index is 11.7. The van der Waals surface area contributed by atoms with Crippen LogP contribution in [-0.2, 0) is 14.4 Å². The first-order valence-electron chi connectivity index (χ1n) is 4.90. The molecule has 0 bridgehead atoms. The van der Waals surface area contributed by atoms with Crippen LogP contribution in [0.4, 0.5) is 0 Å². The van der Waals surface area contributed by atoms with Crippen molar-refractivity contribution < 1.29 is 24.6 Å². The Bertz CT molecular complexity index is 478. The molecule has 0 spiro atoms. The Morgan fingerprint density at radius 3 is 2.22 bits per heavy atom. The van der Waals surface area contributed by atoms with E-state index in [0.717, 1.165) is 6.08 Å². The van der Waals surface area contributed by atoms with Gasteiger partial charge in [0.15, 0.2) is 10.6 Å². The lowest BCUT2D eigenvalue weighted by molar-refractivity contribution is -0.147. The predicted octanol–water partition coefficient (Wildman–Crippen LogP) is 1.79. The fraction of sp³-hybridized carbons (Fsp3) is 0.364. The SMILES string of the molecule is CC1(C(=O)O)CC(C(=O)O)=CC=C1C(=O)C(Cl)Cl. The van der Waals surface area contributed by atoms with E-state index in [4.69, 9.17) is 28.3 Å². The van der Waals surface area contributed by atoms with E-state index >= 15 is 0 Å².